The smallest absolute Gasteiger partial charge is 0.306 e. The first kappa shape index (κ1) is 16.3. The van der Waals surface area contributed by atoms with Crippen LogP contribution < -0.4 is 0 Å². The second-order valence-corrected chi connectivity index (χ2v) is 6.28. The zero-order chi connectivity index (χ0) is 15.4. The van der Waals surface area contributed by atoms with Gasteiger partial charge < -0.3 is 9.64 Å². The summed E-state index contributed by atoms with van der Waals surface area (Å²) in [7, 11) is 1.39. The van der Waals surface area contributed by atoms with E-state index in [1.165, 1.54) is 18.4 Å². The number of hydrogen-bond donors (Lipinski definition) is 0. The summed E-state index contributed by atoms with van der Waals surface area (Å²) in [4.78, 5) is 28.2. The van der Waals surface area contributed by atoms with E-state index in [0.29, 0.717) is 36.0 Å². The molecule has 1 aromatic heterocycles. The number of methoxy groups -OCH3 is 1. The molecule has 1 fully saturated rings. The molecule has 0 spiro atoms. The zero-order valence-electron chi connectivity index (χ0n) is 12.2. The van der Waals surface area contributed by atoms with Gasteiger partial charge in [-0.2, -0.15) is 0 Å². The molecule has 5 nitrogen and oxygen atoms in total. The average Bonchev–Trinajstić information content (AvgIpc) is 2.84. The van der Waals surface area contributed by atoms with E-state index in [-0.39, 0.29) is 11.9 Å². The van der Waals surface area contributed by atoms with E-state index in [1.807, 2.05) is 17.2 Å². The molecule has 0 atom stereocenters. The summed E-state index contributed by atoms with van der Waals surface area (Å²) in [6.45, 7) is 5.43. The second-order valence-electron chi connectivity index (χ2n) is 5.02. The first-order valence-electron chi connectivity index (χ1n) is 6.85. The SMILES string of the molecule is COC(=O)CCN1CCN(C(=O)c2scc(C)c2Cl)CC1. The summed E-state index contributed by atoms with van der Waals surface area (Å²) in [6, 6.07) is 0. The van der Waals surface area contributed by atoms with E-state index >= 15 is 0 Å². The largest absolute Gasteiger partial charge is 0.469 e. The highest BCUT2D eigenvalue weighted by molar-refractivity contribution is 7.13. The van der Waals surface area contributed by atoms with Gasteiger partial charge >= 0.3 is 5.97 Å². The van der Waals surface area contributed by atoms with Crippen molar-refractivity contribution in [2.75, 3.05) is 39.8 Å². The Labute approximate surface area is 133 Å². The van der Waals surface area contributed by atoms with Crippen LogP contribution in [-0.4, -0.2) is 61.5 Å². The second kappa shape index (κ2) is 7.24. The monoisotopic (exact) mass is 330 g/mol. The third-order valence-electron chi connectivity index (χ3n) is 3.61. The van der Waals surface area contributed by atoms with Gasteiger partial charge in [0.2, 0.25) is 0 Å². The van der Waals surface area contributed by atoms with Gasteiger partial charge in [0, 0.05) is 32.7 Å². The average molecular weight is 331 g/mol. The molecule has 7 heteroatoms. The Morgan fingerprint density at radius 1 is 1.33 bits per heavy atom. The molecule has 0 saturated carbocycles. The zero-order valence-corrected chi connectivity index (χ0v) is 13.8. The van der Waals surface area contributed by atoms with Crippen LogP contribution in [0.3, 0.4) is 0 Å². The third kappa shape index (κ3) is 3.96. The number of amides is 1. The first-order chi connectivity index (χ1) is 10.0. The Bertz CT molecular complexity index is 524. The van der Waals surface area contributed by atoms with Gasteiger partial charge in [-0.1, -0.05) is 11.6 Å². The van der Waals surface area contributed by atoms with Gasteiger partial charge in [-0.25, -0.2) is 0 Å². The molecule has 1 aromatic rings. The van der Waals surface area contributed by atoms with Crippen LogP contribution in [0.1, 0.15) is 21.7 Å². The van der Waals surface area contributed by atoms with Crippen LogP contribution in [0, 0.1) is 6.92 Å². The molecule has 0 bridgehead atoms. The molecule has 0 aromatic carbocycles. The number of esters is 1. The van der Waals surface area contributed by atoms with Crippen LogP contribution in [0.5, 0.6) is 0 Å². The predicted molar refractivity (Wildman–Crippen MR) is 83.0 cm³/mol. The number of aryl methyl sites for hydroxylation is 1. The van der Waals surface area contributed by atoms with Crippen LogP contribution >= 0.6 is 22.9 Å². The molecule has 21 heavy (non-hydrogen) atoms. The van der Waals surface area contributed by atoms with Crippen LogP contribution in [0.4, 0.5) is 0 Å². The fourth-order valence-electron chi connectivity index (χ4n) is 2.24. The lowest BCUT2D eigenvalue weighted by molar-refractivity contribution is -0.141. The predicted octanol–water partition coefficient (Wildman–Crippen LogP) is 2.03. The maximum atomic E-state index is 12.4. The van der Waals surface area contributed by atoms with Crippen LogP contribution in [0.2, 0.25) is 5.02 Å². The Morgan fingerprint density at radius 3 is 2.52 bits per heavy atom. The minimum atomic E-state index is -0.200. The van der Waals surface area contributed by atoms with Crippen LogP contribution in [0.25, 0.3) is 0 Å². The summed E-state index contributed by atoms with van der Waals surface area (Å²) in [6.07, 6.45) is 0.389. The van der Waals surface area contributed by atoms with Crippen molar-refractivity contribution in [2.24, 2.45) is 0 Å². The number of hydrogen-bond acceptors (Lipinski definition) is 5. The van der Waals surface area contributed by atoms with E-state index in [9.17, 15) is 9.59 Å². The minimum Gasteiger partial charge on any atom is -0.469 e. The van der Waals surface area contributed by atoms with Gasteiger partial charge in [-0.15, -0.1) is 11.3 Å². The number of ether oxygens (including phenoxy) is 1. The van der Waals surface area contributed by atoms with Crippen molar-refractivity contribution in [3.05, 3.63) is 20.8 Å². The molecule has 2 heterocycles. The molecule has 116 valence electrons. The fraction of sp³-hybridized carbons (Fsp3) is 0.571. The number of nitrogens with zero attached hydrogens (tertiary/aromatic N) is 2. The number of carbonyl (C=O) groups is 2. The van der Waals surface area contributed by atoms with Gasteiger partial charge in [0.15, 0.2) is 0 Å². The lowest BCUT2D eigenvalue weighted by atomic mass is 10.2. The molecule has 1 aliphatic heterocycles. The lowest BCUT2D eigenvalue weighted by Crippen LogP contribution is -2.49. The highest BCUT2D eigenvalue weighted by Gasteiger charge is 2.25. The standard InChI is InChI=1S/C14H19ClN2O3S/c1-10-9-21-13(12(10)15)14(19)17-7-5-16(6-8-17)4-3-11(18)20-2/h9H,3-8H2,1-2H3. The van der Waals surface area contributed by atoms with Crippen molar-refractivity contribution >= 4 is 34.8 Å². The summed E-state index contributed by atoms with van der Waals surface area (Å²) < 4.78 is 4.63. The van der Waals surface area contributed by atoms with Crippen LogP contribution in [-0.2, 0) is 9.53 Å². The van der Waals surface area contributed by atoms with Gasteiger partial charge in [-0.3, -0.25) is 14.5 Å². The van der Waals surface area contributed by atoms with Gasteiger partial charge in [0.1, 0.15) is 4.88 Å². The number of halogens is 1. The molecular weight excluding hydrogens is 312 g/mol. The molecule has 0 aliphatic carbocycles. The molecule has 1 amide bonds. The van der Waals surface area contributed by atoms with Crippen molar-refractivity contribution in [1.82, 2.24) is 9.80 Å². The maximum absolute atomic E-state index is 12.4. The molecule has 0 unspecified atom stereocenters. The van der Waals surface area contributed by atoms with Gasteiger partial charge in [0.05, 0.1) is 18.6 Å². The molecular formula is C14H19ClN2O3S. The van der Waals surface area contributed by atoms with Crippen molar-refractivity contribution < 1.29 is 14.3 Å². The minimum absolute atomic E-state index is 0.00529. The van der Waals surface area contributed by atoms with Crippen molar-refractivity contribution in [2.45, 2.75) is 13.3 Å². The van der Waals surface area contributed by atoms with Gasteiger partial charge in [0.25, 0.3) is 5.91 Å². The van der Waals surface area contributed by atoms with Crippen molar-refractivity contribution in [3.8, 4) is 0 Å². The first-order valence-corrected chi connectivity index (χ1v) is 8.10. The van der Waals surface area contributed by atoms with E-state index in [4.69, 9.17) is 11.6 Å². The summed E-state index contributed by atoms with van der Waals surface area (Å²) in [5, 5.41) is 2.47. The number of piperazine rings is 1. The van der Waals surface area contributed by atoms with E-state index in [2.05, 4.69) is 9.64 Å². The van der Waals surface area contributed by atoms with E-state index < -0.39 is 0 Å². The lowest BCUT2D eigenvalue weighted by Gasteiger charge is -2.34. The summed E-state index contributed by atoms with van der Waals surface area (Å²) in [5.74, 6) is -0.194. The van der Waals surface area contributed by atoms with Crippen molar-refractivity contribution in [3.63, 3.8) is 0 Å². The Balaban J connectivity index is 1.85. The van der Waals surface area contributed by atoms with Crippen molar-refractivity contribution in [1.29, 1.82) is 0 Å². The van der Waals surface area contributed by atoms with Gasteiger partial charge in [-0.05, 0) is 17.9 Å². The Morgan fingerprint density at radius 2 is 2.00 bits per heavy atom. The molecule has 2 rings (SSSR count). The number of carbonyl (C=O) groups excluding carboxylic acids is 2. The number of rotatable bonds is 4. The van der Waals surface area contributed by atoms with E-state index in [1.54, 1.807) is 0 Å². The third-order valence-corrected chi connectivity index (χ3v) is 5.30. The quantitative estimate of drug-likeness (QED) is 0.793. The Kier molecular flexibility index (Phi) is 5.61. The molecule has 1 saturated heterocycles. The topological polar surface area (TPSA) is 49.9 Å². The van der Waals surface area contributed by atoms with E-state index in [0.717, 1.165) is 18.7 Å². The Hall–Kier alpha value is -1.11. The highest BCUT2D eigenvalue weighted by atomic mass is 35.5. The highest BCUT2D eigenvalue weighted by Crippen LogP contribution is 2.28. The number of thiophene rings is 1. The summed E-state index contributed by atoms with van der Waals surface area (Å²) in [5.41, 5.74) is 0.946. The molecule has 0 radical (unpaired) electrons. The van der Waals surface area contributed by atoms with Crippen LogP contribution in [0.15, 0.2) is 5.38 Å². The molecule has 1 aliphatic rings. The summed E-state index contributed by atoms with van der Waals surface area (Å²) >= 11 is 7.55. The fourth-order valence-corrected chi connectivity index (χ4v) is 3.48. The maximum Gasteiger partial charge on any atom is 0.306 e. The molecule has 0 N–H and O–H groups in total. The normalized spacial score (nSPS) is 16.0.